The molecule has 0 radical (unpaired) electrons. The van der Waals surface area contributed by atoms with Gasteiger partial charge in [-0.3, -0.25) is 9.59 Å². The quantitative estimate of drug-likeness (QED) is 0.853. The Morgan fingerprint density at radius 1 is 1.17 bits per heavy atom. The standard InChI is InChI=1S/C17H17ClN2O3/c1-11(23-15-7-3-6-14(18)9-15)10-20-17(22)13-5-2-4-12(8-13)16(19)21/h2-9,11H,10H2,1H3,(H2,19,21)(H,20,22)/t11-/m1/s1. The molecule has 0 aliphatic carbocycles. The Balaban J connectivity index is 1.91. The summed E-state index contributed by atoms with van der Waals surface area (Å²) in [6, 6.07) is 13.3. The van der Waals surface area contributed by atoms with Gasteiger partial charge in [0.15, 0.2) is 0 Å². The zero-order valence-corrected chi connectivity index (χ0v) is 13.3. The first-order valence-corrected chi connectivity index (χ1v) is 7.44. The molecule has 0 heterocycles. The summed E-state index contributed by atoms with van der Waals surface area (Å²) in [6.45, 7) is 2.15. The highest BCUT2D eigenvalue weighted by Gasteiger charge is 2.11. The first-order chi connectivity index (χ1) is 11.0. The summed E-state index contributed by atoms with van der Waals surface area (Å²) < 4.78 is 5.67. The average Bonchev–Trinajstić information content (AvgIpc) is 2.52. The lowest BCUT2D eigenvalue weighted by molar-refractivity contribution is 0.0932. The van der Waals surface area contributed by atoms with Gasteiger partial charge in [0.2, 0.25) is 5.91 Å². The van der Waals surface area contributed by atoms with Crippen molar-refractivity contribution in [3.63, 3.8) is 0 Å². The Morgan fingerprint density at radius 3 is 2.57 bits per heavy atom. The number of hydrogen-bond donors (Lipinski definition) is 2. The van der Waals surface area contributed by atoms with E-state index < -0.39 is 5.91 Å². The lowest BCUT2D eigenvalue weighted by Gasteiger charge is -2.15. The lowest BCUT2D eigenvalue weighted by Crippen LogP contribution is -2.33. The maximum absolute atomic E-state index is 12.1. The van der Waals surface area contributed by atoms with Gasteiger partial charge in [0, 0.05) is 16.1 Å². The van der Waals surface area contributed by atoms with Crippen LogP contribution in [-0.4, -0.2) is 24.5 Å². The highest BCUT2D eigenvalue weighted by atomic mass is 35.5. The van der Waals surface area contributed by atoms with E-state index in [2.05, 4.69) is 5.32 Å². The Bertz CT molecular complexity index is 718. The van der Waals surface area contributed by atoms with Crippen molar-refractivity contribution < 1.29 is 14.3 Å². The van der Waals surface area contributed by atoms with Crippen molar-refractivity contribution in [3.8, 4) is 5.75 Å². The molecule has 0 aromatic heterocycles. The summed E-state index contributed by atoms with van der Waals surface area (Å²) in [6.07, 6.45) is -0.239. The van der Waals surface area contributed by atoms with E-state index in [-0.39, 0.29) is 12.0 Å². The number of benzene rings is 2. The van der Waals surface area contributed by atoms with Crippen LogP contribution in [0.15, 0.2) is 48.5 Å². The molecule has 0 bridgehead atoms. The second kappa shape index (κ2) is 7.65. The fourth-order valence-electron chi connectivity index (χ4n) is 1.97. The third kappa shape index (κ3) is 5.00. The van der Waals surface area contributed by atoms with Crippen LogP contribution in [0.25, 0.3) is 0 Å². The second-order valence-electron chi connectivity index (χ2n) is 5.04. The molecule has 0 saturated carbocycles. The van der Waals surface area contributed by atoms with Crippen molar-refractivity contribution in [2.45, 2.75) is 13.0 Å². The van der Waals surface area contributed by atoms with Crippen molar-refractivity contribution in [1.29, 1.82) is 0 Å². The molecule has 120 valence electrons. The number of ether oxygens (including phenoxy) is 1. The molecule has 0 saturated heterocycles. The Labute approximate surface area is 139 Å². The van der Waals surface area contributed by atoms with Crippen molar-refractivity contribution in [2.75, 3.05) is 6.54 Å². The number of rotatable bonds is 6. The molecule has 2 aromatic rings. The number of halogens is 1. The molecule has 5 nitrogen and oxygen atoms in total. The minimum atomic E-state index is -0.572. The predicted octanol–water partition coefficient (Wildman–Crippen LogP) is 2.64. The van der Waals surface area contributed by atoms with E-state index in [1.54, 1.807) is 42.5 Å². The van der Waals surface area contributed by atoms with E-state index in [1.807, 2.05) is 6.92 Å². The molecule has 0 aliphatic heterocycles. The maximum Gasteiger partial charge on any atom is 0.251 e. The van der Waals surface area contributed by atoms with E-state index in [1.165, 1.54) is 6.07 Å². The number of primary amides is 1. The van der Waals surface area contributed by atoms with Gasteiger partial charge in [-0.2, -0.15) is 0 Å². The van der Waals surface area contributed by atoms with Crippen molar-refractivity contribution >= 4 is 23.4 Å². The van der Waals surface area contributed by atoms with Gasteiger partial charge in [0.1, 0.15) is 11.9 Å². The summed E-state index contributed by atoms with van der Waals surface area (Å²) in [5.41, 5.74) is 5.87. The number of carbonyl (C=O) groups excluding carboxylic acids is 2. The normalized spacial score (nSPS) is 11.6. The number of carbonyl (C=O) groups is 2. The van der Waals surface area contributed by atoms with Crippen LogP contribution in [-0.2, 0) is 0 Å². The summed E-state index contributed by atoms with van der Waals surface area (Å²) in [5.74, 6) is -0.234. The summed E-state index contributed by atoms with van der Waals surface area (Å²) in [4.78, 5) is 23.2. The third-order valence-corrected chi connectivity index (χ3v) is 3.33. The fourth-order valence-corrected chi connectivity index (χ4v) is 2.15. The minimum absolute atomic E-state index is 0.239. The molecule has 3 N–H and O–H groups in total. The van der Waals surface area contributed by atoms with Gasteiger partial charge in [-0.05, 0) is 43.3 Å². The smallest absolute Gasteiger partial charge is 0.251 e. The van der Waals surface area contributed by atoms with Crippen LogP contribution < -0.4 is 15.8 Å². The monoisotopic (exact) mass is 332 g/mol. The number of hydrogen-bond acceptors (Lipinski definition) is 3. The average molecular weight is 333 g/mol. The molecule has 0 spiro atoms. The molecule has 6 heteroatoms. The van der Waals surface area contributed by atoms with Gasteiger partial charge >= 0.3 is 0 Å². The SMILES string of the molecule is C[C@H](CNC(=O)c1cccc(C(N)=O)c1)Oc1cccc(Cl)c1. The first kappa shape index (κ1) is 16.8. The van der Waals surface area contributed by atoms with Gasteiger partial charge < -0.3 is 15.8 Å². The minimum Gasteiger partial charge on any atom is -0.489 e. The molecule has 2 aromatic carbocycles. The van der Waals surface area contributed by atoms with Gasteiger partial charge in [-0.15, -0.1) is 0 Å². The van der Waals surface area contributed by atoms with E-state index in [9.17, 15) is 9.59 Å². The van der Waals surface area contributed by atoms with Crippen molar-refractivity contribution in [1.82, 2.24) is 5.32 Å². The number of nitrogens with one attached hydrogen (secondary N) is 1. The van der Waals surface area contributed by atoms with Crippen LogP contribution in [0.4, 0.5) is 0 Å². The van der Waals surface area contributed by atoms with E-state index in [0.717, 1.165) is 0 Å². The van der Waals surface area contributed by atoms with Crippen LogP contribution in [0.5, 0.6) is 5.75 Å². The molecule has 2 rings (SSSR count). The summed E-state index contributed by atoms with van der Waals surface area (Å²) in [7, 11) is 0. The number of amides is 2. The molecule has 0 unspecified atom stereocenters. The zero-order chi connectivity index (χ0) is 16.8. The molecule has 1 atom stereocenters. The summed E-state index contributed by atoms with van der Waals surface area (Å²) in [5, 5.41) is 3.34. The molecular weight excluding hydrogens is 316 g/mol. The van der Waals surface area contributed by atoms with Crippen LogP contribution in [0.2, 0.25) is 5.02 Å². The Hall–Kier alpha value is -2.53. The summed E-state index contributed by atoms with van der Waals surface area (Å²) >= 11 is 5.89. The van der Waals surface area contributed by atoms with E-state index >= 15 is 0 Å². The molecule has 0 aliphatic rings. The third-order valence-electron chi connectivity index (χ3n) is 3.09. The van der Waals surface area contributed by atoms with Crippen LogP contribution in [0.1, 0.15) is 27.6 Å². The fraction of sp³-hybridized carbons (Fsp3) is 0.176. The van der Waals surface area contributed by atoms with E-state index in [4.69, 9.17) is 22.1 Å². The highest BCUT2D eigenvalue weighted by Crippen LogP contribution is 2.18. The molecule has 23 heavy (non-hydrogen) atoms. The number of nitrogens with two attached hydrogens (primary N) is 1. The van der Waals surface area contributed by atoms with E-state index in [0.29, 0.717) is 28.4 Å². The van der Waals surface area contributed by atoms with Crippen LogP contribution in [0, 0.1) is 0 Å². The zero-order valence-electron chi connectivity index (χ0n) is 12.6. The van der Waals surface area contributed by atoms with Gasteiger partial charge in [0.25, 0.3) is 5.91 Å². The topological polar surface area (TPSA) is 81.4 Å². The van der Waals surface area contributed by atoms with Crippen molar-refractivity contribution in [3.05, 3.63) is 64.7 Å². The molecule has 0 fully saturated rings. The first-order valence-electron chi connectivity index (χ1n) is 7.06. The largest absolute Gasteiger partial charge is 0.489 e. The van der Waals surface area contributed by atoms with Gasteiger partial charge in [0.05, 0.1) is 6.54 Å². The van der Waals surface area contributed by atoms with Crippen LogP contribution >= 0.6 is 11.6 Å². The Morgan fingerprint density at radius 2 is 1.87 bits per heavy atom. The molecular formula is C17H17ClN2O3. The predicted molar refractivity (Wildman–Crippen MR) is 88.8 cm³/mol. The maximum atomic E-state index is 12.1. The lowest BCUT2D eigenvalue weighted by atomic mass is 10.1. The highest BCUT2D eigenvalue weighted by molar-refractivity contribution is 6.30. The van der Waals surface area contributed by atoms with Gasteiger partial charge in [-0.1, -0.05) is 23.7 Å². The second-order valence-corrected chi connectivity index (χ2v) is 5.48. The van der Waals surface area contributed by atoms with Crippen LogP contribution in [0.3, 0.4) is 0 Å². The molecule has 2 amide bonds. The van der Waals surface area contributed by atoms with Gasteiger partial charge in [-0.25, -0.2) is 0 Å². The van der Waals surface area contributed by atoms with Crippen molar-refractivity contribution in [2.24, 2.45) is 5.73 Å². The Kier molecular flexibility index (Phi) is 5.60.